The van der Waals surface area contributed by atoms with Crippen LogP contribution in [0.1, 0.15) is 17.5 Å². The van der Waals surface area contributed by atoms with E-state index in [0.29, 0.717) is 44.1 Å². The third-order valence-corrected chi connectivity index (χ3v) is 5.89. The molecule has 1 aromatic rings. The molecular weight excluding hydrogens is 410 g/mol. The molecule has 0 bridgehead atoms. The highest BCUT2D eigenvalue weighted by Gasteiger charge is 2.41. The van der Waals surface area contributed by atoms with Crippen molar-refractivity contribution >= 4 is 17.4 Å². The molecule has 0 N–H and O–H groups in total. The van der Waals surface area contributed by atoms with Gasteiger partial charge in [0.25, 0.3) is 11.8 Å². The summed E-state index contributed by atoms with van der Waals surface area (Å²) in [5, 5.41) is 0. The molecule has 1 aromatic carbocycles. The number of hydrogen-bond donors (Lipinski definition) is 0. The molecule has 32 heavy (non-hydrogen) atoms. The van der Waals surface area contributed by atoms with Gasteiger partial charge in [0, 0.05) is 53.5 Å². The predicted octanol–water partition coefficient (Wildman–Crippen LogP) is 1.39. The van der Waals surface area contributed by atoms with Crippen LogP contribution in [0.15, 0.2) is 30.0 Å². The molecule has 1 fully saturated rings. The molecule has 0 aliphatic carbocycles. The van der Waals surface area contributed by atoms with E-state index in [1.54, 1.807) is 14.2 Å². The van der Waals surface area contributed by atoms with Gasteiger partial charge in [-0.2, -0.15) is 0 Å². The minimum atomic E-state index is -0.236. The van der Waals surface area contributed by atoms with Crippen LogP contribution >= 0.6 is 0 Å². The monoisotopic (exact) mass is 445 g/mol. The van der Waals surface area contributed by atoms with Crippen molar-refractivity contribution in [2.24, 2.45) is 0 Å². The maximum absolute atomic E-state index is 13.5. The topological polar surface area (TPSA) is 71.6 Å². The summed E-state index contributed by atoms with van der Waals surface area (Å²) in [4.78, 5) is 32.6. The Bertz CT molecular complexity index is 794. The van der Waals surface area contributed by atoms with Gasteiger partial charge in [0.1, 0.15) is 5.70 Å². The summed E-state index contributed by atoms with van der Waals surface area (Å²) in [7, 11) is 3.26. The normalized spacial score (nSPS) is 17.5. The van der Waals surface area contributed by atoms with Crippen LogP contribution in [-0.2, 0) is 23.8 Å². The summed E-state index contributed by atoms with van der Waals surface area (Å²) in [6.07, 6.45) is 0.738. The van der Waals surface area contributed by atoms with Crippen LogP contribution in [0.3, 0.4) is 0 Å². The van der Waals surface area contributed by atoms with Crippen LogP contribution in [-0.4, -0.2) is 106 Å². The molecule has 0 spiro atoms. The van der Waals surface area contributed by atoms with E-state index < -0.39 is 0 Å². The maximum Gasteiger partial charge on any atom is 0.277 e. The van der Waals surface area contributed by atoms with Crippen molar-refractivity contribution in [1.29, 1.82) is 0 Å². The second-order valence-corrected chi connectivity index (χ2v) is 8.13. The largest absolute Gasteiger partial charge is 0.383 e. The van der Waals surface area contributed by atoms with Crippen LogP contribution in [0.4, 0.5) is 0 Å². The third kappa shape index (κ3) is 5.95. The van der Waals surface area contributed by atoms with Crippen molar-refractivity contribution in [1.82, 2.24) is 14.7 Å². The highest BCUT2D eigenvalue weighted by Crippen LogP contribution is 2.32. The summed E-state index contributed by atoms with van der Waals surface area (Å²) in [6.45, 7) is 8.41. The number of nitrogens with zero attached hydrogens (tertiary/aromatic N) is 3. The standard InChI is InChI=1S/C24H35N3O5/c1-19-5-7-20(8-6-19)21-22(26(13-15-30-2)14-16-31-3)24(29)27(23(21)28)10-4-9-25-11-17-32-18-12-25/h5-8H,4,9-18H2,1-3H3. The number of morpholine rings is 1. The van der Waals surface area contributed by atoms with Gasteiger partial charge in [-0.25, -0.2) is 0 Å². The molecule has 0 atom stereocenters. The fourth-order valence-corrected chi connectivity index (χ4v) is 4.06. The van der Waals surface area contributed by atoms with Crippen LogP contribution in [0, 0.1) is 6.92 Å². The summed E-state index contributed by atoms with van der Waals surface area (Å²) >= 11 is 0. The number of methoxy groups -OCH3 is 2. The molecule has 3 rings (SSSR count). The van der Waals surface area contributed by atoms with Gasteiger partial charge in [-0.1, -0.05) is 29.8 Å². The molecule has 0 saturated carbocycles. The number of amides is 2. The zero-order valence-electron chi connectivity index (χ0n) is 19.5. The minimum Gasteiger partial charge on any atom is -0.383 e. The number of carbonyl (C=O) groups is 2. The van der Waals surface area contributed by atoms with Crippen molar-refractivity contribution < 1.29 is 23.8 Å². The third-order valence-electron chi connectivity index (χ3n) is 5.89. The van der Waals surface area contributed by atoms with Crippen molar-refractivity contribution in [2.75, 3.05) is 79.9 Å². The molecule has 0 aromatic heterocycles. The quantitative estimate of drug-likeness (QED) is 0.450. The number of rotatable bonds is 12. The molecule has 2 heterocycles. The molecule has 0 radical (unpaired) electrons. The van der Waals surface area contributed by atoms with Gasteiger partial charge in [0.05, 0.1) is 32.0 Å². The van der Waals surface area contributed by atoms with E-state index >= 15 is 0 Å². The molecule has 2 amide bonds. The Morgan fingerprint density at radius 1 is 0.938 bits per heavy atom. The average Bonchev–Trinajstić information content (AvgIpc) is 3.05. The molecule has 2 aliphatic heterocycles. The van der Waals surface area contributed by atoms with Crippen LogP contribution in [0.25, 0.3) is 5.57 Å². The molecular formula is C24H35N3O5. The number of ether oxygens (including phenoxy) is 3. The van der Waals surface area contributed by atoms with Crippen molar-refractivity contribution in [3.63, 3.8) is 0 Å². The Balaban J connectivity index is 1.83. The van der Waals surface area contributed by atoms with E-state index in [2.05, 4.69) is 4.90 Å². The lowest BCUT2D eigenvalue weighted by Crippen LogP contribution is -2.40. The zero-order valence-corrected chi connectivity index (χ0v) is 19.5. The number of aryl methyl sites for hydroxylation is 1. The first kappa shape index (κ1) is 24.4. The van der Waals surface area contributed by atoms with Gasteiger partial charge in [-0.05, 0) is 18.9 Å². The van der Waals surface area contributed by atoms with E-state index in [4.69, 9.17) is 14.2 Å². The van der Waals surface area contributed by atoms with Crippen LogP contribution in [0.5, 0.6) is 0 Å². The second-order valence-electron chi connectivity index (χ2n) is 8.13. The lowest BCUT2D eigenvalue weighted by atomic mass is 10.0. The van der Waals surface area contributed by atoms with Gasteiger partial charge in [-0.15, -0.1) is 0 Å². The van der Waals surface area contributed by atoms with E-state index in [1.165, 1.54) is 4.90 Å². The smallest absolute Gasteiger partial charge is 0.277 e. The van der Waals surface area contributed by atoms with E-state index in [9.17, 15) is 9.59 Å². The molecule has 176 valence electrons. The van der Waals surface area contributed by atoms with Gasteiger partial charge in [0.15, 0.2) is 0 Å². The van der Waals surface area contributed by atoms with E-state index in [-0.39, 0.29) is 11.8 Å². The number of benzene rings is 1. The lowest BCUT2D eigenvalue weighted by molar-refractivity contribution is -0.137. The van der Waals surface area contributed by atoms with Gasteiger partial charge in [-0.3, -0.25) is 19.4 Å². The maximum atomic E-state index is 13.5. The van der Waals surface area contributed by atoms with Crippen LogP contribution in [0.2, 0.25) is 0 Å². The Morgan fingerprint density at radius 3 is 2.16 bits per heavy atom. The first-order valence-corrected chi connectivity index (χ1v) is 11.3. The fourth-order valence-electron chi connectivity index (χ4n) is 4.06. The molecule has 8 nitrogen and oxygen atoms in total. The Hall–Kier alpha value is -2.26. The Morgan fingerprint density at radius 2 is 1.56 bits per heavy atom. The molecule has 1 saturated heterocycles. The first-order valence-electron chi connectivity index (χ1n) is 11.3. The fraction of sp³-hybridized carbons (Fsp3) is 0.583. The predicted molar refractivity (Wildman–Crippen MR) is 122 cm³/mol. The van der Waals surface area contributed by atoms with E-state index in [1.807, 2.05) is 36.1 Å². The molecule has 2 aliphatic rings. The highest BCUT2D eigenvalue weighted by atomic mass is 16.5. The number of carbonyl (C=O) groups excluding carboxylic acids is 2. The van der Waals surface area contributed by atoms with Crippen molar-refractivity contribution in [3.8, 4) is 0 Å². The minimum absolute atomic E-state index is 0.226. The average molecular weight is 446 g/mol. The highest BCUT2D eigenvalue weighted by molar-refractivity contribution is 6.35. The summed E-state index contributed by atoms with van der Waals surface area (Å²) in [5.74, 6) is -0.463. The Kier molecular flexibility index (Phi) is 9.23. The molecule has 0 unspecified atom stereocenters. The van der Waals surface area contributed by atoms with Gasteiger partial charge < -0.3 is 19.1 Å². The lowest BCUT2D eigenvalue weighted by Gasteiger charge is -2.27. The Labute approximate surface area is 190 Å². The summed E-state index contributed by atoms with van der Waals surface area (Å²) in [5.41, 5.74) is 2.78. The summed E-state index contributed by atoms with van der Waals surface area (Å²) in [6, 6.07) is 7.76. The molecule has 8 heteroatoms. The van der Waals surface area contributed by atoms with Crippen molar-refractivity contribution in [2.45, 2.75) is 13.3 Å². The number of hydrogen-bond acceptors (Lipinski definition) is 7. The summed E-state index contributed by atoms with van der Waals surface area (Å²) < 4.78 is 15.9. The second kappa shape index (κ2) is 12.1. The SMILES string of the molecule is COCCN(CCOC)C1=C(c2ccc(C)cc2)C(=O)N(CCCN2CCOCC2)C1=O. The van der Waals surface area contributed by atoms with Gasteiger partial charge >= 0.3 is 0 Å². The van der Waals surface area contributed by atoms with Crippen molar-refractivity contribution in [3.05, 3.63) is 41.1 Å². The van der Waals surface area contributed by atoms with Crippen LogP contribution < -0.4 is 0 Å². The van der Waals surface area contributed by atoms with Gasteiger partial charge in [0.2, 0.25) is 0 Å². The number of imide groups is 1. The zero-order chi connectivity index (χ0) is 22.9. The first-order chi connectivity index (χ1) is 15.6. The van der Waals surface area contributed by atoms with E-state index in [0.717, 1.165) is 50.4 Å².